The summed E-state index contributed by atoms with van der Waals surface area (Å²) >= 11 is 0. The molecule has 14 unspecified atom stereocenters. The third-order valence-electron chi connectivity index (χ3n) is 18.1. The Morgan fingerprint density at radius 1 is 0.970 bits per heavy atom. The summed E-state index contributed by atoms with van der Waals surface area (Å²) in [5.41, 5.74) is 9.03. The highest BCUT2D eigenvalue weighted by Crippen LogP contribution is 2.60. The number of methoxy groups -OCH3 is 1. The number of carbonyl (C=O) groups is 2. The average Bonchev–Trinajstić information content (AvgIpc) is 3.38. The van der Waals surface area contributed by atoms with E-state index in [1.807, 2.05) is 24.3 Å². The van der Waals surface area contributed by atoms with Crippen molar-refractivity contribution in [3.05, 3.63) is 94.8 Å². The number of allylic oxidation sites excluding steroid dienone is 2. The number of benzene rings is 3. The minimum absolute atomic E-state index is 0.00831. The maximum atomic E-state index is 14.7. The molecule has 2 heterocycles. The van der Waals surface area contributed by atoms with Gasteiger partial charge in [-0.25, -0.2) is 0 Å². The second-order valence-corrected chi connectivity index (χ2v) is 21.5. The van der Waals surface area contributed by atoms with Gasteiger partial charge in [-0.3, -0.25) is 9.59 Å². The number of aliphatic hydroxyl groups is 2. The van der Waals surface area contributed by atoms with Crippen LogP contribution in [0.15, 0.2) is 78.1 Å². The monoisotopic (exact) mass is 909 g/mol. The lowest BCUT2D eigenvalue weighted by Crippen LogP contribution is -2.64. The van der Waals surface area contributed by atoms with Crippen LogP contribution in [0.5, 0.6) is 11.5 Å². The van der Waals surface area contributed by atoms with E-state index in [4.69, 9.17) is 10.5 Å². The summed E-state index contributed by atoms with van der Waals surface area (Å²) < 4.78 is 5.57. The second kappa shape index (κ2) is 19.4. The number of ether oxygens (including phenoxy) is 1. The topological polar surface area (TPSA) is 166 Å². The number of rotatable bonds is 12. The Kier molecular flexibility index (Phi) is 13.3. The highest BCUT2D eigenvalue weighted by molar-refractivity contribution is 5.89. The van der Waals surface area contributed by atoms with Crippen LogP contribution in [-0.4, -0.2) is 78.4 Å². The minimum atomic E-state index is -1.18. The molecule has 5 fully saturated rings. The van der Waals surface area contributed by atoms with E-state index in [0.717, 1.165) is 78.4 Å². The Hall–Kier alpha value is -4.66. The van der Waals surface area contributed by atoms with Gasteiger partial charge in [0.1, 0.15) is 11.2 Å². The van der Waals surface area contributed by atoms with Gasteiger partial charge in [-0.1, -0.05) is 67.3 Å². The van der Waals surface area contributed by atoms with Crippen LogP contribution in [0.1, 0.15) is 112 Å². The van der Waals surface area contributed by atoms with E-state index >= 15 is 0 Å². The summed E-state index contributed by atoms with van der Waals surface area (Å²) in [5.74, 6) is 12.2. The molecule has 0 bridgehead atoms. The van der Waals surface area contributed by atoms with Crippen LogP contribution in [0.25, 0.3) is 10.8 Å². The molecular formula is C57H72N4O6. The minimum Gasteiger partial charge on any atom is -0.504 e. The van der Waals surface area contributed by atoms with Gasteiger partial charge in [0.15, 0.2) is 17.3 Å². The highest BCUT2D eigenvalue weighted by atomic mass is 16.5. The Bertz CT molecular complexity index is 2460. The molecule has 1 spiro atoms. The summed E-state index contributed by atoms with van der Waals surface area (Å²) in [4.78, 5) is 27.5. The number of ketones is 2. The molecule has 0 amide bonds. The Morgan fingerprint density at radius 2 is 1.82 bits per heavy atom. The van der Waals surface area contributed by atoms with E-state index in [1.54, 1.807) is 6.07 Å². The van der Waals surface area contributed by atoms with Gasteiger partial charge >= 0.3 is 0 Å². The Balaban J connectivity index is 0.908. The van der Waals surface area contributed by atoms with E-state index in [9.17, 15) is 24.9 Å². The summed E-state index contributed by atoms with van der Waals surface area (Å²) in [6, 6.07) is 18.7. The molecular weight excluding hydrogens is 837 g/mol. The normalized spacial score (nSPS) is 34.4. The fraction of sp³-hybridized carbons (Fsp3) is 0.579. The highest BCUT2D eigenvalue weighted by Gasteiger charge is 2.58. The summed E-state index contributed by atoms with van der Waals surface area (Å²) in [7, 11) is 1.53. The predicted molar refractivity (Wildman–Crippen MR) is 262 cm³/mol. The molecule has 5 aliphatic carbocycles. The van der Waals surface area contributed by atoms with Crippen LogP contribution in [-0.2, 0) is 16.0 Å². The molecule has 67 heavy (non-hydrogen) atoms. The number of aryl methyl sites for hydroxylation is 1. The molecule has 0 aromatic heterocycles. The molecule has 14 atom stereocenters. The number of phenols is 1. The van der Waals surface area contributed by atoms with Gasteiger partial charge in [0.05, 0.1) is 25.1 Å². The van der Waals surface area contributed by atoms with Crippen molar-refractivity contribution in [1.82, 2.24) is 16.0 Å². The molecule has 0 radical (unpaired) electrons. The maximum Gasteiger partial charge on any atom is 0.160 e. The van der Waals surface area contributed by atoms with Gasteiger partial charge in [-0.2, -0.15) is 0 Å². The van der Waals surface area contributed by atoms with Crippen LogP contribution < -0.4 is 26.4 Å². The van der Waals surface area contributed by atoms with Gasteiger partial charge in [-0.05, 0) is 182 Å². The lowest BCUT2D eigenvalue weighted by atomic mass is 9.46. The van der Waals surface area contributed by atoms with Gasteiger partial charge in [0.25, 0.3) is 0 Å². The van der Waals surface area contributed by atoms with E-state index in [0.29, 0.717) is 116 Å². The molecule has 1 saturated heterocycles. The number of aromatic hydroxyl groups is 1. The number of nitrogens with two attached hydrogens (primary N) is 1. The molecule has 7 aliphatic rings. The zero-order valence-electron chi connectivity index (χ0n) is 39.5. The van der Waals surface area contributed by atoms with Crippen molar-refractivity contribution >= 4 is 22.3 Å². The van der Waals surface area contributed by atoms with Gasteiger partial charge in [-0.15, -0.1) is 0 Å². The van der Waals surface area contributed by atoms with Gasteiger partial charge < -0.3 is 41.7 Å². The number of nitrogens with one attached hydrogen (secondary N) is 3. The molecule has 3 aromatic rings. The van der Waals surface area contributed by atoms with Crippen LogP contribution in [0.2, 0.25) is 0 Å². The number of carbonyl (C=O) groups excluding carboxylic acids is 2. The van der Waals surface area contributed by atoms with Crippen LogP contribution >= 0.6 is 0 Å². The summed E-state index contributed by atoms with van der Waals surface area (Å²) in [6.07, 6.45) is 11.4. The Morgan fingerprint density at radius 3 is 2.63 bits per heavy atom. The number of dihydropyridines is 1. The van der Waals surface area contributed by atoms with Crippen molar-refractivity contribution in [3.63, 3.8) is 0 Å². The predicted octanol–water partition coefficient (Wildman–Crippen LogP) is 7.40. The molecule has 10 nitrogen and oxygen atoms in total. The van der Waals surface area contributed by atoms with E-state index < -0.39 is 23.5 Å². The molecule has 3 aromatic carbocycles. The van der Waals surface area contributed by atoms with Gasteiger partial charge in [0, 0.05) is 43.7 Å². The molecule has 10 heteroatoms. The number of fused-ring (bicyclic) bond motifs is 2. The quantitative estimate of drug-likeness (QED) is 0.0911. The number of Topliss-reactive ketones (excluding diaryl/α,β-unsaturated/α-hetero) is 2. The zero-order chi connectivity index (χ0) is 46.4. The van der Waals surface area contributed by atoms with E-state index in [1.165, 1.54) is 13.5 Å². The van der Waals surface area contributed by atoms with Crippen molar-refractivity contribution in [3.8, 4) is 23.3 Å². The van der Waals surface area contributed by atoms with Gasteiger partial charge in [0.2, 0.25) is 0 Å². The van der Waals surface area contributed by atoms with Crippen molar-refractivity contribution < 1.29 is 29.6 Å². The fourth-order valence-electron chi connectivity index (χ4n) is 14.9. The van der Waals surface area contributed by atoms with E-state index in [2.05, 4.69) is 71.1 Å². The smallest absolute Gasteiger partial charge is 0.160 e. The summed E-state index contributed by atoms with van der Waals surface area (Å²) in [5, 5.41) is 48.8. The first-order valence-electron chi connectivity index (χ1n) is 25.7. The van der Waals surface area contributed by atoms with Crippen molar-refractivity contribution in [2.75, 3.05) is 33.3 Å². The van der Waals surface area contributed by atoms with Crippen LogP contribution in [0.4, 0.5) is 0 Å². The zero-order valence-corrected chi connectivity index (χ0v) is 39.5. The first kappa shape index (κ1) is 46.1. The molecule has 8 N–H and O–H groups in total. The van der Waals surface area contributed by atoms with Crippen molar-refractivity contribution in [2.45, 2.75) is 120 Å². The number of hydrogen-bond donors (Lipinski definition) is 7. The number of hydrogen-bond acceptors (Lipinski definition) is 10. The Labute approximate surface area is 397 Å². The van der Waals surface area contributed by atoms with Crippen LogP contribution in [0, 0.1) is 64.6 Å². The first-order valence-corrected chi connectivity index (χ1v) is 25.7. The lowest BCUT2D eigenvalue weighted by Gasteiger charge is -2.62. The standard InChI is InChI=1S/C57H72N4O6/c1-3-59-32-48-44-14-11-40-23-43(63)29-49-56(40)55(44)41(31-61-49)24-47(48)38-17-20-57(53(66)26-38)19-16-34(46-30-50(64)51(67-2)25-37(46)12-15-52(57)65)10-13-42(62)28-45(39-18-21-60-54(58)27-39)36-9-8-33-6-4-5-7-35(33)22-36/h4-9,18,22,25,27,30,34,38,40-42,44-45,47-49,53,55-56,59-62,64,66H,3,10-15,17,20-21,23-24,26,28-29,31-32,58H2,1-2H3. The number of piperidine rings is 1. The second-order valence-electron chi connectivity index (χ2n) is 21.5. The van der Waals surface area contributed by atoms with E-state index in [-0.39, 0.29) is 29.8 Å². The molecule has 356 valence electrons. The molecule has 2 aliphatic heterocycles. The first-order chi connectivity index (χ1) is 32.5. The fourth-order valence-corrected chi connectivity index (χ4v) is 14.9. The number of phenolic OH excluding ortho intramolecular Hbond substituents is 1. The third-order valence-corrected chi connectivity index (χ3v) is 18.1. The third kappa shape index (κ3) is 8.95. The largest absolute Gasteiger partial charge is 0.504 e. The van der Waals surface area contributed by atoms with Crippen molar-refractivity contribution in [1.29, 1.82) is 0 Å². The molecule has 10 rings (SSSR count). The average molecular weight is 909 g/mol. The molecule has 4 saturated carbocycles. The SMILES string of the molecule is CCNCC1C(C2CCC3(C#CC(CCC(O)CC(C4=CCNC(N)=C4)c4ccc5ccccc5c4)c4cc(O)c(OC)cc4CCC3=O)C(O)C2)CC2CNC3CC(=O)CC4CCC1C2C43. The maximum absolute atomic E-state index is 14.7. The number of aliphatic hydroxyl groups excluding tert-OH is 2. The summed E-state index contributed by atoms with van der Waals surface area (Å²) in [6.45, 7) is 5.68. The lowest BCUT2D eigenvalue weighted by molar-refractivity contribution is -0.143. The van der Waals surface area contributed by atoms with Crippen LogP contribution in [0.3, 0.4) is 0 Å². The van der Waals surface area contributed by atoms with Crippen molar-refractivity contribution in [2.24, 2.45) is 58.5 Å².